The molecule has 0 radical (unpaired) electrons. The molecule has 32 heavy (non-hydrogen) atoms. The van der Waals surface area contributed by atoms with Crippen LogP contribution in [-0.4, -0.2) is 43.7 Å². The molecule has 1 aliphatic carbocycles. The first-order valence-electron chi connectivity index (χ1n) is 11.1. The van der Waals surface area contributed by atoms with Gasteiger partial charge in [0, 0.05) is 12.5 Å². The lowest BCUT2D eigenvalue weighted by atomic mass is 9.76. The molecule has 0 spiro atoms. The predicted molar refractivity (Wildman–Crippen MR) is 113 cm³/mol. The van der Waals surface area contributed by atoms with Gasteiger partial charge in [-0.3, -0.25) is 4.39 Å². The van der Waals surface area contributed by atoms with Crippen molar-refractivity contribution in [3.8, 4) is 5.75 Å². The third kappa shape index (κ3) is 8.45. The van der Waals surface area contributed by atoms with Crippen LogP contribution >= 0.6 is 0 Å². The van der Waals surface area contributed by atoms with Gasteiger partial charge in [-0.15, -0.1) is 0 Å². The van der Waals surface area contributed by atoms with E-state index in [1.165, 1.54) is 0 Å². The second-order valence-electron chi connectivity index (χ2n) is 8.40. The maximum Gasteiger partial charge on any atom is 0.422 e. The zero-order valence-electron chi connectivity index (χ0n) is 18.2. The van der Waals surface area contributed by atoms with E-state index in [0.29, 0.717) is 18.9 Å². The van der Waals surface area contributed by atoms with Gasteiger partial charge in [0.15, 0.2) is 0 Å². The number of halogens is 4. The molecule has 1 unspecified atom stereocenters. The Morgan fingerprint density at radius 2 is 1.78 bits per heavy atom. The first-order chi connectivity index (χ1) is 15.2. The van der Waals surface area contributed by atoms with E-state index >= 15 is 0 Å². The highest BCUT2D eigenvalue weighted by molar-refractivity contribution is 5.89. The van der Waals surface area contributed by atoms with Crippen LogP contribution < -0.4 is 4.74 Å². The van der Waals surface area contributed by atoms with E-state index in [-0.39, 0.29) is 25.8 Å². The van der Waals surface area contributed by atoms with Crippen molar-refractivity contribution in [3.63, 3.8) is 0 Å². The summed E-state index contributed by atoms with van der Waals surface area (Å²) in [6.45, 7) is 2.50. The van der Waals surface area contributed by atoms with Crippen molar-refractivity contribution in [2.45, 2.75) is 51.1 Å². The average Bonchev–Trinajstić information content (AvgIpc) is 2.78. The highest BCUT2D eigenvalue weighted by Crippen LogP contribution is 2.34. The van der Waals surface area contributed by atoms with Crippen LogP contribution in [0.4, 0.5) is 17.6 Å². The highest BCUT2D eigenvalue weighted by atomic mass is 19.4. The van der Waals surface area contributed by atoms with Crippen LogP contribution in [0.3, 0.4) is 0 Å². The third-order valence-corrected chi connectivity index (χ3v) is 6.07. The number of aliphatic hydroxyl groups is 1. The number of aryl methyl sites for hydroxylation is 1. The quantitative estimate of drug-likeness (QED) is 0.196. The molecular formula is C24H32F4O4. The minimum atomic E-state index is -4.82. The standard InChI is InChI=1S/C24H32F4O4/c1-17(24(26,27)28)23(30)32-16-21(14-29)20-9-5-19(6-10-20)15-31-22-11-7-18(8-12-22)4-2-3-13-25/h7-8,11-12,19-21,29H,1-6,9-10,13-16H2. The van der Waals surface area contributed by atoms with E-state index < -0.39 is 23.6 Å². The molecule has 1 aliphatic rings. The van der Waals surface area contributed by atoms with Crippen molar-refractivity contribution >= 4 is 5.97 Å². The molecule has 0 saturated heterocycles. The number of esters is 1. The Balaban J connectivity index is 1.71. The SMILES string of the molecule is C=C(C(=O)OCC(CO)C1CCC(COc2ccc(CCCCF)cc2)CC1)C(F)(F)F. The predicted octanol–water partition coefficient (Wildman–Crippen LogP) is 5.43. The Morgan fingerprint density at radius 1 is 1.12 bits per heavy atom. The van der Waals surface area contributed by atoms with E-state index in [1.807, 2.05) is 24.3 Å². The van der Waals surface area contributed by atoms with E-state index in [9.17, 15) is 27.5 Å². The monoisotopic (exact) mass is 460 g/mol. The van der Waals surface area contributed by atoms with Gasteiger partial charge in [-0.2, -0.15) is 13.2 Å². The number of rotatable bonds is 12. The fourth-order valence-corrected chi connectivity index (χ4v) is 3.94. The number of benzene rings is 1. The fraction of sp³-hybridized carbons (Fsp3) is 0.625. The van der Waals surface area contributed by atoms with Crippen LogP contribution in [0, 0.1) is 17.8 Å². The van der Waals surface area contributed by atoms with E-state index in [4.69, 9.17) is 9.47 Å². The first-order valence-corrected chi connectivity index (χ1v) is 11.1. The number of hydrogen-bond donors (Lipinski definition) is 1. The van der Waals surface area contributed by atoms with E-state index in [1.54, 1.807) is 0 Å². The summed E-state index contributed by atoms with van der Waals surface area (Å²) in [5.74, 6) is -0.682. The Hall–Kier alpha value is -2.09. The lowest BCUT2D eigenvalue weighted by Crippen LogP contribution is -2.31. The summed E-state index contributed by atoms with van der Waals surface area (Å²) < 4.78 is 60.3. The third-order valence-electron chi connectivity index (χ3n) is 6.07. The van der Waals surface area contributed by atoms with Crippen LogP contribution in [0.5, 0.6) is 5.75 Å². The molecule has 1 aromatic rings. The number of alkyl halides is 4. The molecule has 0 aliphatic heterocycles. The second kappa shape index (κ2) is 12.8. The second-order valence-corrected chi connectivity index (χ2v) is 8.40. The molecule has 0 bridgehead atoms. The zero-order valence-corrected chi connectivity index (χ0v) is 18.2. The average molecular weight is 461 g/mol. The largest absolute Gasteiger partial charge is 0.493 e. The Bertz CT molecular complexity index is 710. The molecule has 2 rings (SSSR count). The summed E-state index contributed by atoms with van der Waals surface area (Å²) in [5.41, 5.74) is -0.385. The number of ether oxygens (including phenoxy) is 2. The lowest BCUT2D eigenvalue weighted by Gasteiger charge is -2.32. The van der Waals surface area contributed by atoms with Crippen molar-refractivity contribution in [2.24, 2.45) is 17.8 Å². The maximum absolute atomic E-state index is 12.5. The van der Waals surface area contributed by atoms with Gasteiger partial charge in [-0.1, -0.05) is 18.7 Å². The zero-order chi connectivity index (χ0) is 23.6. The molecule has 8 heteroatoms. The number of carbonyl (C=O) groups is 1. The van der Waals surface area contributed by atoms with Crippen LogP contribution in [0.2, 0.25) is 0 Å². The molecule has 1 fully saturated rings. The molecule has 1 atom stereocenters. The summed E-state index contributed by atoms with van der Waals surface area (Å²) in [6, 6.07) is 7.82. The number of unbranched alkanes of at least 4 members (excludes halogenated alkanes) is 1. The topological polar surface area (TPSA) is 55.8 Å². The molecule has 0 aromatic heterocycles. The van der Waals surface area contributed by atoms with Crippen LogP contribution in [0.1, 0.15) is 44.1 Å². The molecule has 1 saturated carbocycles. The van der Waals surface area contributed by atoms with Crippen molar-refractivity contribution < 1.29 is 36.9 Å². The molecule has 1 aromatic carbocycles. The summed E-state index contributed by atoms with van der Waals surface area (Å²) in [6.07, 6.45) is 0.722. The van der Waals surface area contributed by atoms with E-state index in [0.717, 1.165) is 49.8 Å². The number of aliphatic hydroxyl groups excluding tert-OH is 1. The van der Waals surface area contributed by atoms with Gasteiger partial charge in [0.1, 0.15) is 11.3 Å². The first kappa shape index (κ1) is 26.2. The molecular weight excluding hydrogens is 428 g/mol. The summed E-state index contributed by atoms with van der Waals surface area (Å²) in [4.78, 5) is 11.5. The van der Waals surface area contributed by atoms with Crippen molar-refractivity contribution in [2.75, 3.05) is 26.5 Å². The normalized spacial score (nSPS) is 19.9. The van der Waals surface area contributed by atoms with Gasteiger partial charge in [0.2, 0.25) is 0 Å². The van der Waals surface area contributed by atoms with Crippen LogP contribution in [0.15, 0.2) is 36.4 Å². The van der Waals surface area contributed by atoms with Gasteiger partial charge in [0.05, 0.1) is 19.9 Å². The Labute approximate surface area is 186 Å². The lowest BCUT2D eigenvalue weighted by molar-refractivity contribution is -0.152. The summed E-state index contributed by atoms with van der Waals surface area (Å²) in [7, 11) is 0. The fourth-order valence-electron chi connectivity index (χ4n) is 3.94. The van der Waals surface area contributed by atoms with Gasteiger partial charge < -0.3 is 14.6 Å². The van der Waals surface area contributed by atoms with Gasteiger partial charge in [0.25, 0.3) is 0 Å². The smallest absolute Gasteiger partial charge is 0.422 e. The summed E-state index contributed by atoms with van der Waals surface area (Å²) in [5, 5.41) is 9.62. The van der Waals surface area contributed by atoms with Gasteiger partial charge in [-0.25, -0.2) is 4.79 Å². The Morgan fingerprint density at radius 3 is 2.34 bits per heavy atom. The molecule has 1 N–H and O–H groups in total. The molecule has 0 amide bonds. The van der Waals surface area contributed by atoms with Crippen molar-refractivity contribution in [3.05, 3.63) is 42.0 Å². The highest BCUT2D eigenvalue weighted by Gasteiger charge is 2.38. The van der Waals surface area contributed by atoms with Crippen LogP contribution in [0.25, 0.3) is 0 Å². The van der Waals surface area contributed by atoms with Crippen molar-refractivity contribution in [1.29, 1.82) is 0 Å². The van der Waals surface area contributed by atoms with Crippen LogP contribution in [-0.2, 0) is 16.0 Å². The summed E-state index contributed by atoms with van der Waals surface area (Å²) >= 11 is 0. The minimum absolute atomic E-state index is 0.0757. The number of hydrogen-bond acceptors (Lipinski definition) is 4. The van der Waals surface area contributed by atoms with E-state index in [2.05, 4.69) is 6.58 Å². The van der Waals surface area contributed by atoms with Crippen molar-refractivity contribution in [1.82, 2.24) is 0 Å². The molecule has 0 heterocycles. The maximum atomic E-state index is 12.5. The molecule has 180 valence electrons. The van der Waals surface area contributed by atoms with Gasteiger partial charge >= 0.3 is 12.1 Å². The molecule has 4 nitrogen and oxygen atoms in total. The number of carbonyl (C=O) groups excluding carboxylic acids is 1. The van der Waals surface area contributed by atoms with Gasteiger partial charge in [-0.05, 0) is 74.5 Å². The Kier molecular flexibility index (Phi) is 10.5. The minimum Gasteiger partial charge on any atom is -0.493 e.